The van der Waals surface area contributed by atoms with Crippen LogP contribution in [0.25, 0.3) is 10.9 Å². The smallest absolute Gasteiger partial charge is 0.163 e. The topological polar surface area (TPSA) is 74.1 Å². The zero-order valence-corrected chi connectivity index (χ0v) is 16.9. The van der Waals surface area contributed by atoms with Gasteiger partial charge in [0.15, 0.2) is 11.5 Å². The fourth-order valence-corrected chi connectivity index (χ4v) is 3.18. The second-order valence-electron chi connectivity index (χ2n) is 6.50. The highest BCUT2D eigenvalue weighted by Gasteiger charge is 2.12. The Morgan fingerprint density at radius 1 is 1.17 bits per heavy atom. The summed E-state index contributed by atoms with van der Waals surface area (Å²) in [7, 11) is 1.58. The Morgan fingerprint density at radius 3 is 2.83 bits per heavy atom. The molecule has 0 amide bonds. The van der Waals surface area contributed by atoms with Gasteiger partial charge in [-0.15, -0.1) is 0 Å². The summed E-state index contributed by atoms with van der Waals surface area (Å²) in [5.74, 6) is 1.24. The molecule has 7 nitrogen and oxygen atoms in total. The maximum absolute atomic E-state index is 13.4. The Labute approximate surface area is 177 Å². The molecule has 0 aliphatic rings. The first-order valence-electron chi connectivity index (χ1n) is 9.27. The van der Waals surface area contributed by atoms with E-state index in [2.05, 4.69) is 20.3 Å². The summed E-state index contributed by atoms with van der Waals surface area (Å²) in [5, 5.41) is 3.91. The molecule has 154 valence electrons. The number of hydrogen-bond donors (Lipinski definition) is 1. The summed E-state index contributed by atoms with van der Waals surface area (Å²) < 4.78 is 26.8. The molecule has 0 saturated carbocycles. The number of benzene rings is 2. The van der Waals surface area contributed by atoms with Crippen LogP contribution in [0.3, 0.4) is 0 Å². The van der Waals surface area contributed by atoms with Crippen LogP contribution in [-0.4, -0.2) is 33.2 Å². The van der Waals surface area contributed by atoms with Crippen LogP contribution in [0.4, 0.5) is 15.9 Å². The summed E-state index contributed by atoms with van der Waals surface area (Å²) in [4.78, 5) is 12.7. The molecule has 0 spiro atoms. The van der Waals surface area contributed by atoms with Gasteiger partial charge in [-0.05, 0) is 30.7 Å². The van der Waals surface area contributed by atoms with Crippen molar-refractivity contribution in [3.8, 4) is 11.5 Å². The molecule has 0 aliphatic carbocycles. The van der Waals surface area contributed by atoms with E-state index in [0.29, 0.717) is 35.1 Å². The van der Waals surface area contributed by atoms with Gasteiger partial charge in [0.2, 0.25) is 0 Å². The number of anilines is 2. The number of nitrogens with one attached hydrogen (secondary N) is 1. The maximum Gasteiger partial charge on any atom is 0.163 e. The minimum atomic E-state index is -0.480. The maximum atomic E-state index is 13.4. The van der Waals surface area contributed by atoms with Crippen LogP contribution in [-0.2, 0) is 6.54 Å². The normalized spacial score (nSPS) is 10.9. The first kappa shape index (κ1) is 19.9. The fraction of sp³-hybridized carbons (Fsp3) is 0.190. The second-order valence-corrected chi connectivity index (χ2v) is 6.91. The monoisotopic (exact) mass is 427 g/mol. The molecule has 0 radical (unpaired) electrons. The molecule has 1 N–H and O–H groups in total. The van der Waals surface area contributed by atoms with Crippen molar-refractivity contribution in [1.82, 2.24) is 19.5 Å². The zero-order valence-electron chi connectivity index (χ0n) is 16.2. The van der Waals surface area contributed by atoms with Crippen LogP contribution < -0.4 is 14.8 Å². The highest BCUT2D eigenvalue weighted by molar-refractivity contribution is 6.31. The predicted molar refractivity (Wildman–Crippen MR) is 113 cm³/mol. The quantitative estimate of drug-likeness (QED) is 0.405. The number of ether oxygens (including phenoxy) is 2. The lowest BCUT2D eigenvalue weighted by Crippen LogP contribution is -2.04. The van der Waals surface area contributed by atoms with E-state index in [4.69, 9.17) is 21.1 Å². The number of aromatic nitrogens is 4. The van der Waals surface area contributed by atoms with Crippen LogP contribution >= 0.6 is 11.6 Å². The molecular weight excluding hydrogens is 409 g/mol. The molecule has 0 fully saturated rings. The molecule has 2 aromatic carbocycles. The number of imidazole rings is 1. The van der Waals surface area contributed by atoms with Crippen molar-refractivity contribution < 1.29 is 13.9 Å². The highest BCUT2D eigenvalue weighted by Crippen LogP contribution is 2.35. The second kappa shape index (κ2) is 8.96. The molecule has 30 heavy (non-hydrogen) atoms. The third-order valence-corrected chi connectivity index (χ3v) is 4.77. The molecular formula is C21H19ClFN5O2. The van der Waals surface area contributed by atoms with E-state index < -0.39 is 5.82 Å². The molecule has 9 heteroatoms. The van der Waals surface area contributed by atoms with Gasteiger partial charge < -0.3 is 19.4 Å². The molecule has 0 atom stereocenters. The average Bonchev–Trinajstić information content (AvgIpc) is 3.27. The Morgan fingerprint density at radius 2 is 2.07 bits per heavy atom. The van der Waals surface area contributed by atoms with E-state index in [1.165, 1.54) is 18.5 Å². The molecule has 0 unspecified atom stereocenters. The summed E-state index contributed by atoms with van der Waals surface area (Å²) in [5.41, 5.74) is 1.30. The van der Waals surface area contributed by atoms with E-state index in [-0.39, 0.29) is 5.02 Å². The number of rotatable bonds is 8. The van der Waals surface area contributed by atoms with Crippen molar-refractivity contribution in [3.63, 3.8) is 0 Å². The Hall–Kier alpha value is -3.39. The van der Waals surface area contributed by atoms with E-state index in [1.54, 1.807) is 25.7 Å². The molecule has 0 bridgehead atoms. The lowest BCUT2D eigenvalue weighted by atomic mass is 10.2. The van der Waals surface area contributed by atoms with Gasteiger partial charge in [-0.3, -0.25) is 0 Å². The van der Waals surface area contributed by atoms with Crippen LogP contribution in [0.5, 0.6) is 11.5 Å². The predicted octanol–water partition coefficient (Wildman–Crippen LogP) is 4.84. The third kappa shape index (κ3) is 4.44. The summed E-state index contributed by atoms with van der Waals surface area (Å²) in [6.07, 6.45) is 7.70. The van der Waals surface area contributed by atoms with Crippen LogP contribution in [0.15, 0.2) is 55.4 Å². The van der Waals surface area contributed by atoms with Gasteiger partial charge in [0.1, 0.15) is 18.0 Å². The highest BCUT2D eigenvalue weighted by atomic mass is 35.5. The number of fused-ring (bicyclic) bond motifs is 1. The van der Waals surface area contributed by atoms with E-state index in [1.807, 2.05) is 22.9 Å². The molecule has 4 rings (SSSR count). The SMILES string of the molecule is COc1cc2c(Nc3ccc(F)c(Cl)c3)ncnc2cc1OCCCn1ccnc1. The van der Waals surface area contributed by atoms with Crippen molar-refractivity contribution in [1.29, 1.82) is 0 Å². The molecule has 0 aliphatic heterocycles. The molecule has 4 aromatic rings. The average molecular weight is 428 g/mol. The number of aryl methyl sites for hydroxylation is 1. The van der Waals surface area contributed by atoms with Crippen molar-refractivity contribution in [2.24, 2.45) is 0 Å². The van der Waals surface area contributed by atoms with Crippen LogP contribution in [0, 0.1) is 5.82 Å². The van der Waals surface area contributed by atoms with Gasteiger partial charge in [-0.2, -0.15) is 0 Å². The number of methoxy groups -OCH3 is 1. The summed E-state index contributed by atoms with van der Waals surface area (Å²) in [6, 6.07) is 8.01. The van der Waals surface area contributed by atoms with E-state index in [9.17, 15) is 4.39 Å². The Balaban J connectivity index is 1.54. The minimum absolute atomic E-state index is 0.0299. The lowest BCUT2D eigenvalue weighted by Gasteiger charge is -2.14. The van der Waals surface area contributed by atoms with Crippen molar-refractivity contribution in [2.45, 2.75) is 13.0 Å². The van der Waals surface area contributed by atoms with E-state index in [0.717, 1.165) is 18.4 Å². The molecule has 2 aromatic heterocycles. The van der Waals surface area contributed by atoms with Gasteiger partial charge >= 0.3 is 0 Å². The number of halogens is 2. The number of nitrogens with zero attached hydrogens (tertiary/aromatic N) is 4. The van der Waals surface area contributed by atoms with Crippen molar-refractivity contribution >= 4 is 34.0 Å². The fourth-order valence-electron chi connectivity index (χ4n) is 2.99. The third-order valence-electron chi connectivity index (χ3n) is 4.48. The Kier molecular flexibility index (Phi) is 5.94. The van der Waals surface area contributed by atoms with Gasteiger partial charge in [0, 0.05) is 36.1 Å². The first-order chi connectivity index (χ1) is 14.6. The van der Waals surface area contributed by atoms with Crippen molar-refractivity contribution in [3.05, 3.63) is 66.2 Å². The first-order valence-corrected chi connectivity index (χ1v) is 9.65. The van der Waals surface area contributed by atoms with Crippen molar-refractivity contribution in [2.75, 3.05) is 19.0 Å². The van der Waals surface area contributed by atoms with Crippen LogP contribution in [0.2, 0.25) is 5.02 Å². The zero-order chi connectivity index (χ0) is 20.9. The van der Waals surface area contributed by atoms with Crippen LogP contribution in [0.1, 0.15) is 6.42 Å². The summed E-state index contributed by atoms with van der Waals surface area (Å²) >= 11 is 5.87. The largest absolute Gasteiger partial charge is 0.493 e. The number of hydrogen-bond acceptors (Lipinski definition) is 6. The van der Waals surface area contributed by atoms with Gasteiger partial charge in [0.05, 0.1) is 30.6 Å². The standard InChI is InChI=1S/C21H19ClFN5O2/c1-29-19-10-15-18(11-20(19)30-8-2-6-28-7-5-24-13-28)25-12-26-21(15)27-14-3-4-17(23)16(22)9-14/h3-5,7,9-13H,2,6,8H2,1H3,(H,25,26,27). The van der Waals surface area contributed by atoms with Gasteiger partial charge in [-0.25, -0.2) is 19.3 Å². The minimum Gasteiger partial charge on any atom is -0.493 e. The van der Waals surface area contributed by atoms with Gasteiger partial charge in [-0.1, -0.05) is 11.6 Å². The Bertz CT molecular complexity index is 1150. The lowest BCUT2D eigenvalue weighted by molar-refractivity contribution is 0.283. The van der Waals surface area contributed by atoms with Gasteiger partial charge in [0.25, 0.3) is 0 Å². The summed E-state index contributed by atoms with van der Waals surface area (Å²) in [6.45, 7) is 1.33. The molecule has 0 saturated heterocycles. The molecule has 2 heterocycles. The van der Waals surface area contributed by atoms with E-state index >= 15 is 0 Å².